The Bertz CT molecular complexity index is 468. The zero-order valence-corrected chi connectivity index (χ0v) is 12.3. The fourth-order valence-corrected chi connectivity index (χ4v) is 1.89. The number of carbonyl (C=O) groups is 1. The molecule has 0 fully saturated rings. The van der Waals surface area contributed by atoms with Crippen molar-refractivity contribution < 1.29 is 4.79 Å². The Balaban J connectivity index is 2.73. The molecule has 4 nitrogen and oxygen atoms in total. The zero-order valence-electron chi connectivity index (χ0n) is 9.96. The SMILES string of the molecule is CCNC(=S)N(C)NC(=O)c1ccc(Cl)cc1Cl. The van der Waals surface area contributed by atoms with Crippen LogP contribution in [0.5, 0.6) is 0 Å². The summed E-state index contributed by atoms with van der Waals surface area (Å²) >= 11 is 16.7. The van der Waals surface area contributed by atoms with Crippen molar-refractivity contribution in [1.82, 2.24) is 15.8 Å². The van der Waals surface area contributed by atoms with Crippen LogP contribution in [-0.2, 0) is 0 Å². The van der Waals surface area contributed by atoms with Crippen molar-refractivity contribution in [3.05, 3.63) is 33.8 Å². The van der Waals surface area contributed by atoms with Crippen LogP contribution in [0.1, 0.15) is 17.3 Å². The minimum atomic E-state index is -0.348. The van der Waals surface area contributed by atoms with E-state index in [0.29, 0.717) is 27.3 Å². The molecule has 1 aromatic rings. The summed E-state index contributed by atoms with van der Waals surface area (Å²) in [5.74, 6) is -0.348. The predicted molar refractivity (Wildman–Crippen MR) is 78.0 cm³/mol. The van der Waals surface area contributed by atoms with Crippen molar-refractivity contribution in [1.29, 1.82) is 0 Å². The van der Waals surface area contributed by atoms with E-state index in [1.807, 2.05) is 6.92 Å². The van der Waals surface area contributed by atoms with E-state index in [0.717, 1.165) is 0 Å². The van der Waals surface area contributed by atoms with Gasteiger partial charge in [-0.1, -0.05) is 23.2 Å². The summed E-state index contributed by atoms with van der Waals surface area (Å²) in [4.78, 5) is 11.9. The molecule has 2 N–H and O–H groups in total. The molecule has 0 aliphatic carbocycles. The third kappa shape index (κ3) is 4.01. The second-order valence-corrected chi connectivity index (χ2v) is 4.69. The van der Waals surface area contributed by atoms with Gasteiger partial charge < -0.3 is 5.32 Å². The maximum absolute atomic E-state index is 11.9. The van der Waals surface area contributed by atoms with E-state index in [4.69, 9.17) is 35.4 Å². The molecule has 98 valence electrons. The van der Waals surface area contributed by atoms with Gasteiger partial charge in [-0.3, -0.25) is 15.2 Å². The van der Waals surface area contributed by atoms with Gasteiger partial charge >= 0.3 is 0 Å². The number of halogens is 2. The van der Waals surface area contributed by atoms with Gasteiger partial charge in [0, 0.05) is 18.6 Å². The van der Waals surface area contributed by atoms with E-state index in [1.54, 1.807) is 19.2 Å². The van der Waals surface area contributed by atoms with Gasteiger partial charge in [0.05, 0.1) is 10.6 Å². The molecule has 0 aliphatic rings. The van der Waals surface area contributed by atoms with Crippen molar-refractivity contribution in [3.8, 4) is 0 Å². The first-order valence-electron chi connectivity index (χ1n) is 5.23. The molecule has 0 spiro atoms. The number of nitrogens with zero attached hydrogens (tertiary/aromatic N) is 1. The average Bonchev–Trinajstić information content (AvgIpc) is 2.28. The molecule has 7 heteroatoms. The Hall–Kier alpha value is -1.04. The summed E-state index contributed by atoms with van der Waals surface area (Å²) in [6.07, 6.45) is 0. The maximum atomic E-state index is 11.9. The smallest absolute Gasteiger partial charge is 0.271 e. The average molecular weight is 306 g/mol. The number of rotatable bonds is 2. The maximum Gasteiger partial charge on any atom is 0.271 e. The quantitative estimate of drug-likeness (QED) is 0.651. The van der Waals surface area contributed by atoms with E-state index in [2.05, 4.69) is 10.7 Å². The van der Waals surface area contributed by atoms with Gasteiger partial charge in [-0.05, 0) is 37.3 Å². The molecule has 0 aliphatic heterocycles. The molecule has 0 saturated carbocycles. The van der Waals surface area contributed by atoms with Crippen LogP contribution in [0.15, 0.2) is 18.2 Å². The lowest BCUT2D eigenvalue weighted by Gasteiger charge is -2.21. The fraction of sp³-hybridized carbons (Fsp3) is 0.273. The molecule has 0 heterocycles. The molecule has 0 aromatic heterocycles. The van der Waals surface area contributed by atoms with Crippen LogP contribution in [0.3, 0.4) is 0 Å². The van der Waals surface area contributed by atoms with Gasteiger partial charge in [0.15, 0.2) is 5.11 Å². The third-order valence-corrected chi connectivity index (χ3v) is 3.04. The van der Waals surface area contributed by atoms with Crippen LogP contribution in [0, 0.1) is 0 Å². The summed E-state index contributed by atoms with van der Waals surface area (Å²) in [6, 6.07) is 4.68. The summed E-state index contributed by atoms with van der Waals surface area (Å²) in [7, 11) is 1.65. The van der Waals surface area contributed by atoms with Crippen LogP contribution in [-0.4, -0.2) is 29.6 Å². The molecular formula is C11H13Cl2N3OS. The molecule has 18 heavy (non-hydrogen) atoms. The van der Waals surface area contributed by atoms with Crippen LogP contribution in [0.25, 0.3) is 0 Å². The Labute approximate surface area is 121 Å². The van der Waals surface area contributed by atoms with Gasteiger partial charge in [-0.2, -0.15) is 0 Å². The van der Waals surface area contributed by atoms with E-state index in [-0.39, 0.29) is 5.91 Å². The number of hydrazine groups is 1. The van der Waals surface area contributed by atoms with Crippen molar-refractivity contribution >= 4 is 46.4 Å². The monoisotopic (exact) mass is 305 g/mol. The summed E-state index contributed by atoms with van der Waals surface area (Å²) < 4.78 is 0. The van der Waals surface area contributed by atoms with Gasteiger partial charge in [0.1, 0.15) is 0 Å². The minimum Gasteiger partial charge on any atom is -0.361 e. The zero-order chi connectivity index (χ0) is 13.7. The lowest BCUT2D eigenvalue weighted by molar-refractivity contribution is 0.0886. The van der Waals surface area contributed by atoms with E-state index in [9.17, 15) is 4.79 Å². The Kier molecular flexibility index (Phi) is 5.65. The molecule has 1 aromatic carbocycles. The largest absolute Gasteiger partial charge is 0.361 e. The molecule has 1 amide bonds. The van der Waals surface area contributed by atoms with E-state index in [1.165, 1.54) is 11.1 Å². The Morgan fingerprint density at radius 3 is 2.67 bits per heavy atom. The van der Waals surface area contributed by atoms with Crippen molar-refractivity contribution in [2.75, 3.05) is 13.6 Å². The lowest BCUT2D eigenvalue weighted by Crippen LogP contribution is -2.48. The Morgan fingerprint density at radius 1 is 1.44 bits per heavy atom. The van der Waals surface area contributed by atoms with Gasteiger partial charge in [-0.15, -0.1) is 0 Å². The minimum absolute atomic E-state index is 0.294. The van der Waals surface area contributed by atoms with Gasteiger partial charge in [-0.25, -0.2) is 0 Å². The van der Waals surface area contributed by atoms with Crippen molar-refractivity contribution in [3.63, 3.8) is 0 Å². The van der Waals surface area contributed by atoms with Crippen LogP contribution in [0.2, 0.25) is 10.0 Å². The fourth-order valence-electron chi connectivity index (χ4n) is 1.21. The molecule has 1 rings (SSSR count). The number of hydrogen-bond donors (Lipinski definition) is 2. The first-order valence-corrected chi connectivity index (χ1v) is 6.39. The van der Waals surface area contributed by atoms with Gasteiger partial charge in [0.25, 0.3) is 5.91 Å². The number of carbonyl (C=O) groups excluding carboxylic acids is 1. The second-order valence-electron chi connectivity index (χ2n) is 3.46. The van der Waals surface area contributed by atoms with E-state index >= 15 is 0 Å². The van der Waals surface area contributed by atoms with Crippen LogP contribution in [0.4, 0.5) is 0 Å². The summed E-state index contributed by atoms with van der Waals surface area (Å²) in [5, 5.41) is 5.54. The van der Waals surface area contributed by atoms with Crippen LogP contribution < -0.4 is 10.7 Å². The highest BCUT2D eigenvalue weighted by molar-refractivity contribution is 7.80. The predicted octanol–water partition coefficient (Wildman–Crippen LogP) is 2.46. The standard InChI is InChI=1S/C11H13Cl2N3OS/c1-3-14-11(18)16(2)15-10(17)8-5-4-7(12)6-9(8)13/h4-6H,3H2,1-2H3,(H,14,18)(H,15,17). The highest BCUT2D eigenvalue weighted by Gasteiger charge is 2.13. The summed E-state index contributed by atoms with van der Waals surface area (Å²) in [6.45, 7) is 2.60. The Morgan fingerprint density at radius 2 is 2.11 bits per heavy atom. The number of nitrogens with one attached hydrogen (secondary N) is 2. The normalized spacial score (nSPS) is 9.78. The van der Waals surface area contributed by atoms with Crippen molar-refractivity contribution in [2.45, 2.75) is 6.92 Å². The second kappa shape index (κ2) is 6.78. The molecule has 0 bridgehead atoms. The number of amides is 1. The van der Waals surface area contributed by atoms with E-state index < -0.39 is 0 Å². The molecule has 0 unspecified atom stereocenters. The number of hydrogen-bond acceptors (Lipinski definition) is 2. The van der Waals surface area contributed by atoms with Crippen LogP contribution >= 0.6 is 35.4 Å². The first kappa shape index (κ1) is 15.0. The molecule has 0 radical (unpaired) electrons. The molecule has 0 atom stereocenters. The number of thiocarbonyl (C=S) groups is 1. The lowest BCUT2D eigenvalue weighted by atomic mass is 10.2. The number of benzene rings is 1. The highest BCUT2D eigenvalue weighted by Crippen LogP contribution is 2.20. The molecule has 0 saturated heterocycles. The van der Waals surface area contributed by atoms with Gasteiger partial charge in [0.2, 0.25) is 0 Å². The summed E-state index contributed by atoms with van der Waals surface area (Å²) in [5.41, 5.74) is 2.94. The topological polar surface area (TPSA) is 44.4 Å². The van der Waals surface area contributed by atoms with Crippen molar-refractivity contribution in [2.24, 2.45) is 0 Å². The third-order valence-electron chi connectivity index (χ3n) is 2.08. The highest BCUT2D eigenvalue weighted by atomic mass is 35.5. The molecular weight excluding hydrogens is 293 g/mol. The first-order chi connectivity index (χ1) is 8.45.